The van der Waals surface area contributed by atoms with Crippen LogP contribution in [0.3, 0.4) is 0 Å². The number of nitrogens with one attached hydrogen (secondary N) is 1. The number of rotatable bonds is 4. The van der Waals surface area contributed by atoms with E-state index in [9.17, 15) is 22.8 Å². The molecule has 7 nitrogen and oxygen atoms in total. The van der Waals surface area contributed by atoms with Gasteiger partial charge in [0.1, 0.15) is 5.01 Å². The third-order valence-electron chi connectivity index (χ3n) is 7.04. The van der Waals surface area contributed by atoms with Gasteiger partial charge < -0.3 is 20.4 Å². The molecule has 0 saturated carbocycles. The smallest absolute Gasteiger partial charge is 0.378 e. The van der Waals surface area contributed by atoms with Crippen molar-refractivity contribution in [3.05, 3.63) is 77.0 Å². The number of aryl methyl sites for hydroxylation is 1. The second-order valence-electron chi connectivity index (χ2n) is 9.61. The average molecular weight is 565 g/mol. The monoisotopic (exact) mass is 564 g/mol. The van der Waals surface area contributed by atoms with Crippen LogP contribution in [-0.4, -0.2) is 53.0 Å². The van der Waals surface area contributed by atoms with Gasteiger partial charge in [0.05, 0.1) is 40.4 Å². The van der Waals surface area contributed by atoms with Gasteiger partial charge in [0, 0.05) is 40.5 Å². The molecular weight excluding hydrogens is 541 g/mol. The first-order valence-electron chi connectivity index (χ1n) is 12.5. The molecule has 40 heavy (non-hydrogen) atoms. The van der Waals surface area contributed by atoms with Crippen molar-refractivity contribution >= 4 is 45.0 Å². The van der Waals surface area contributed by atoms with Gasteiger partial charge in [-0.1, -0.05) is 18.2 Å². The molecule has 3 N–H and O–H groups in total. The van der Waals surface area contributed by atoms with E-state index in [-0.39, 0.29) is 11.5 Å². The average Bonchev–Trinajstić information content (AvgIpc) is 3.52. The van der Waals surface area contributed by atoms with Crippen LogP contribution in [0.25, 0.3) is 42.8 Å². The van der Waals surface area contributed by atoms with Crippen LogP contribution in [0.15, 0.2) is 54.6 Å². The predicted octanol–water partition coefficient (Wildman–Crippen LogP) is 6.01. The highest BCUT2D eigenvalue weighted by molar-refractivity contribution is 7.18. The lowest BCUT2D eigenvalue weighted by Gasteiger charge is -2.26. The van der Waals surface area contributed by atoms with E-state index in [0.29, 0.717) is 64.7 Å². The zero-order valence-corrected chi connectivity index (χ0v) is 22.1. The van der Waals surface area contributed by atoms with Crippen LogP contribution < -0.4 is 5.73 Å². The van der Waals surface area contributed by atoms with Crippen molar-refractivity contribution in [2.75, 3.05) is 26.3 Å². The maximum atomic E-state index is 13.0. The maximum Gasteiger partial charge on any atom is 0.416 e. The fourth-order valence-electron chi connectivity index (χ4n) is 5.00. The number of halogens is 3. The van der Waals surface area contributed by atoms with Crippen LogP contribution in [-0.2, 0) is 10.9 Å². The maximum absolute atomic E-state index is 13.0. The van der Waals surface area contributed by atoms with Crippen molar-refractivity contribution < 1.29 is 27.5 Å². The molecule has 0 bridgehead atoms. The Balaban J connectivity index is 1.42. The number of nitrogens with zero attached hydrogens (tertiary/aromatic N) is 2. The van der Waals surface area contributed by atoms with Gasteiger partial charge in [-0.2, -0.15) is 13.2 Å². The van der Waals surface area contributed by atoms with Crippen LogP contribution in [0.1, 0.15) is 32.0 Å². The zero-order chi connectivity index (χ0) is 28.2. The van der Waals surface area contributed by atoms with Crippen molar-refractivity contribution in [2.45, 2.75) is 13.1 Å². The van der Waals surface area contributed by atoms with Gasteiger partial charge in [-0.25, -0.2) is 4.98 Å². The Kier molecular flexibility index (Phi) is 6.35. The first-order chi connectivity index (χ1) is 19.1. The molecule has 2 amide bonds. The number of aromatic nitrogens is 2. The lowest BCUT2D eigenvalue weighted by Crippen LogP contribution is -2.40. The Morgan fingerprint density at radius 1 is 1.00 bits per heavy atom. The minimum atomic E-state index is -4.42. The second kappa shape index (κ2) is 9.76. The summed E-state index contributed by atoms with van der Waals surface area (Å²) in [5, 5.41) is 2.14. The van der Waals surface area contributed by atoms with E-state index >= 15 is 0 Å². The Morgan fingerprint density at radius 3 is 2.40 bits per heavy atom. The molecule has 0 radical (unpaired) electrons. The number of fused-ring (bicyclic) bond motifs is 3. The highest BCUT2D eigenvalue weighted by atomic mass is 32.1. The van der Waals surface area contributed by atoms with Crippen molar-refractivity contribution in [1.82, 2.24) is 14.9 Å². The zero-order valence-electron chi connectivity index (χ0n) is 21.3. The summed E-state index contributed by atoms with van der Waals surface area (Å²) in [5.74, 6) is -0.705. The van der Waals surface area contributed by atoms with Crippen molar-refractivity contribution in [1.29, 1.82) is 0 Å². The topological polar surface area (TPSA) is 101 Å². The van der Waals surface area contributed by atoms with E-state index < -0.39 is 17.6 Å². The minimum Gasteiger partial charge on any atom is -0.378 e. The second-order valence-corrected chi connectivity index (χ2v) is 10.6. The fraction of sp³-hybridized carbons (Fsp3) is 0.207. The molecule has 3 heterocycles. The van der Waals surface area contributed by atoms with E-state index in [2.05, 4.69) is 9.97 Å². The van der Waals surface area contributed by atoms with E-state index in [1.165, 1.54) is 23.5 Å². The van der Waals surface area contributed by atoms with Gasteiger partial charge in [-0.3, -0.25) is 9.59 Å². The molecule has 2 aromatic heterocycles. The molecule has 204 valence electrons. The number of hydrogen-bond acceptors (Lipinski definition) is 5. The number of nitrogens with two attached hydrogens (primary N) is 1. The third kappa shape index (κ3) is 4.61. The standard InChI is InChI=1S/C29H23F3N4O3S/c1-15-25(40-27(34-15)16-2-5-19(6-3-16)29(30,31)32)18-12-21-20-7-4-17(28(38)36-8-10-39-11-9-36)14-23(20)35-24(21)22(13-18)26(33)37/h2-7,12-14,35H,8-11H2,1H3,(H2,33,37). The van der Waals surface area contributed by atoms with Gasteiger partial charge in [-0.05, 0) is 48.9 Å². The van der Waals surface area contributed by atoms with Crippen LogP contribution in [0.5, 0.6) is 0 Å². The molecule has 6 rings (SSSR count). The number of ether oxygens (including phenoxy) is 1. The summed E-state index contributed by atoms with van der Waals surface area (Å²) in [5.41, 5.74) is 9.07. The summed E-state index contributed by atoms with van der Waals surface area (Å²) in [6.07, 6.45) is -4.42. The predicted molar refractivity (Wildman–Crippen MR) is 147 cm³/mol. The number of carbonyl (C=O) groups is 2. The lowest BCUT2D eigenvalue weighted by molar-refractivity contribution is -0.137. The summed E-state index contributed by atoms with van der Waals surface area (Å²) in [4.78, 5) is 35.9. The third-order valence-corrected chi connectivity index (χ3v) is 8.29. The lowest BCUT2D eigenvalue weighted by atomic mass is 10.0. The van der Waals surface area contributed by atoms with Gasteiger partial charge in [0.15, 0.2) is 0 Å². The summed E-state index contributed by atoms with van der Waals surface area (Å²) >= 11 is 1.32. The van der Waals surface area contributed by atoms with Gasteiger partial charge in [-0.15, -0.1) is 11.3 Å². The molecule has 0 spiro atoms. The van der Waals surface area contributed by atoms with Crippen LogP contribution in [0.4, 0.5) is 13.2 Å². The Hall–Kier alpha value is -4.22. The number of carbonyl (C=O) groups excluding carboxylic acids is 2. The van der Waals surface area contributed by atoms with E-state index in [0.717, 1.165) is 27.8 Å². The Labute approximate surface area is 230 Å². The van der Waals surface area contributed by atoms with E-state index in [1.807, 2.05) is 19.1 Å². The summed E-state index contributed by atoms with van der Waals surface area (Å²) in [6, 6.07) is 13.9. The Bertz CT molecular complexity index is 1780. The molecule has 0 aliphatic carbocycles. The largest absolute Gasteiger partial charge is 0.416 e. The van der Waals surface area contributed by atoms with Crippen LogP contribution in [0, 0.1) is 6.92 Å². The van der Waals surface area contributed by atoms with Gasteiger partial charge >= 0.3 is 6.18 Å². The highest BCUT2D eigenvalue weighted by Gasteiger charge is 2.30. The molecule has 1 saturated heterocycles. The quantitative estimate of drug-likeness (QED) is 0.279. The number of amides is 2. The number of hydrogen-bond donors (Lipinski definition) is 2. The number of benzene rings is 3. The summed E-state index contributed by atoms with van der Waals surface area (Å²) < 4.78 is 44.3. The van der Waals surface area contributed by atoms with E-state index in [4.69, 9.17) is 10.5 Å². The Morgan fingerprint density at radius 2 is 1.73 bits per heavy atom. The molecule has 0 unspecified atom stereocenters. The highest BCUT2D eigenvalue weighted by Crippen LogP contribution is 2.40. The van der Waals surface area contributed by atoms with Gasteiger partial charge in [0.2, 0.25) is 0 Å². The molecule has 5 aromatic rings. The molecule has 11 heteroatoms. The molecule has 3 aromatic carbocycles. The van der Waals surface area contributed by atoms with Crippen LogP contribution >= 0.6 is 11.3 Å². The fourth-order valence-corrected chi connectivity index (χ4v) is 6.06. The van der Waals surface area contributed by atoms with Gasteiger partial charge in [0.25, 0.3) is 11.8 Å². The van der Waals surface area contributed by atoms with Crippen LogP contribution in [0.2, 0.25) is 0 Å². The number of alkyl halides is 3. The first-order valence-corrected chi connectivity index (χ1v) is 13.3. The molecule has 1 fully saturated rings. The first kappa shape index (κ1) is 26.0. The number of primary amides is 1. The SMILES string of the molecule is Cc1nc(-c2ccc(C(F)(F)F)cc2)sc1-c1cc(C(N)=O)c2[nH]c3cc(C(=O)N4CCOCC4)ccc3c2c1. The molecule has 1 aliphatic rings. The molecule has 0 atom stereocenters. The number of morpholine rings is 1. The van der Waals surface area contributed by atoms with Crippen molar-refractivity contribution in [2.24, 2.45) is 5.73 Å². The number of thiazole rings is 1. The molecule has 1 aliphatic heterocycles. The normalized spacial score (nSPS) is 14.2. The van der Waals surface area contributed by atoms with E-state index in [1.54, 1.807) is 23.1 Å². The van der Waals surface area contributed by atoms with Crippen molar-refractivity contribution in [3.63, 3.8) is 0 Å². The summed E-state index contributed by atoms with van der Waals surface area (Å²) in [6.45, 7) is 3.88. The summed E-state index contributed by atoms with van der Waals surface area (Å²) in [7, 11) is 0. The number of aromatic amines is 1. The van der Waals surface area contributed by atoms with Crippen molar-refractivity contribution in [3.8, 4) is 21.0 Å². The molecular formula is C29H23F3N4O3S. The number of H-pyrrole nitrogens is 1. The minimum absolute atomic E-state index is 0.0873.